The fraction of sp³-hybridized carbons (Fsp3) is 0.417. The predicted octanol–water partition coefficient (Wildman–Crippen LogP) is 2.21. The van der Waals surface area contributed by atoms with Crippen LogP contribution in [0.5, 0.6) is 11.5 Å². The Labute approximate surface area is 196 Å². The highest BCUT2D eigenvalue weighted by Gasteiger charge is 2.28. The zero-order valence-electron chi connectivity index (χ0n) is 18.8. The molecule has 2 aliphatic heterocycles. The lowest BCUT2D eigenvalue weighted by Crippen LogP contribution is -2.47. The number of rotatable bonds is 6. The fourth-order valence-corrected chi connectivity index (χ4v) is 4.67. The largest absolute Gasteiger partial charge is 0.486 e. The van der Waals surface area contributed by atoms with Gasteiger partial charge in [0.1, 0.15) is 13.2 Å². The van der Waals surface area contributed by atoms with Gasteiger partial charge in [0, 0.05) is 45.0 Å². The van der Waals surface area contributed by atoms with Crippen molar-refractivity contribution in [2.24, 2.45) is 0 Å². The molecule has 0 unspecified atom stereocenters. The number of hydrogen-bond donors (Lipinski definition) is 1. The van der Waals surface area contributed by atoms with Gasteiger partial charge in [0.05, 0.1) is 11.7 Å². The molecular weight excluding hydrogens is 438 g/mol. The first kappa shape index (κ1) is 22.1. The lowest BCUT2D eigenvalue weighted by molar-refractivity contribution is 0.0856. The second-order valence-electron chi connectivity index (χ2n) is 8.56. The standard InChI is InChI=1S/C24H27N5O5/c30-22-15-26-23-19(2-1-7-25-23)28(22)11-10-27-8-5-18(6-9-27)29(24(31)32)16-17-3-4-20-21(14-17)34-13-12-33-20/h1-4,7,14-15,18H,5-6,8-13,16H2,(H,31,32). The molecule has 1 N–H and O–H groups in total. The van der Waals surface area contributed by atoms with Crippen molar-refractivity contribution >= 4 is 17.3 Å². The maximum atomic E-state index is 12.4. The Morgan fingerprint density at radius 2 is 1.88 bits per heavy atom. The molecule has 3 aromatic rings. The zero-order valence-corrected chi connectivity index (χ0v) is 18.8. The summed E-state index contributed by atoms with van der Waals surface area (Å²) in [5.74, 6) is 1.36. The van der Waals surface area contributed by atoms with Gasteiger partial charge in [-0.2, -0.15) is 0 Å². The number of amides is 1. The SMILES string of the molecule is O=C(O)N(Cc1ccc2c(c1)OCCO2)C1CCN(CCn2c(=O)cnc3ncccc32)CC1. The maximum Gasteiger partial charge on any atom is 0.407 e. The summed E-state index contributed by atoms with van der Waals surface area (Å²) < 4.78 is 12.9. The number of pyridine rings is 1. The summed E-state index contributed by atoms with van der Waals surface area (Å²) in [6.07, 6.45) is 3.53. The van der Waals surface area contributed by atoms with Gasteiger partial charge in [-0.25, -0.2) is 14.8 Å². The van der Waals surface area contributed by atoms with Gasteiger partial charge in [0.15, 0.2) is 17.1 Å². The molecule has 10 heteroatoms. The highest BCUT2D eigenvalue weighted by Crippen LogP contribution is 2.31. The molecule has 1 aromatic carbocycles. The number of fused-ring (bicyclic) bond motifs is 2. The van der Waals surface area contributed by atoms with Gasteiger partial charge in [0.25, 0.3) is 5.56 Å². The van der Waals surface area contributed by atoms with Gasteiger partial charge < -0.3 is 28.9 Å². The average Bonchev–Trinajstić information content (AvgIpc) is 2.87. The van der Waals surface area contributed by atoms with Crippen LogP contribution in [0.4, 0.5) is 4.79 Å². The summed E-state index contributed by atoms with van der Waals surface area (Å²) in [5, 5.41) is 9.88. The molecule has 4 heterocycles. The van der Waals surface area contributed by atoms with Crippen LogP contribution in [0.2, 0.25) is 0 Å². The van der Waals surface area contributed by atoms with Crippen LogP contribution in [0.15, 0.2) is 47.5 Å². The molecule has 0 atom stereocenters. The first-order valence-electron chi connectivity index (χ1n) is 11.5. The molecule has 1 fully saturated rings. The van der Waals surface area contributed by atoms with Crippen LogP contribution in [-0.2, 0) is 13.1 Å². The minimum absolute atomic E-state index is 0.0596. The van der Waals surface area contributed by atoms with E-state index in [1.54, 1.807) is 16.8 Å². The first-order valence-corrected chi connectivity index (χ1v) is 11.5. The summed E-state index contributed by atoms with van der Waals surface area (Å²) in [6, 6.07) is 9.19. The molecule has 0 bridgehead atoms. The number of nitrogens with zero attached hydrogens (tertiary/aromatic N) is 5. The van der Waals surface area contributed by atoms with Gasteiger partial charge in [0.2, 0.25) is 0 Å². The van der Waals surface area contributed by atoms with Crippen molar-refractivity contribution in [1.29, 1.82) is 0 Å². The molecule has 0 radical (unpaired) electrons. The molecule has 5 rings (SSSR count). The van der Waals surface area contributed by atoms with Crippen LogP contribution in [0.1, 0.15) is 18.4 Å². The van der Waals surface area contributed by atoms with Gasteiger partial charge in [-0.05, 0) is 42.7 Å². The van der Waals surface area contributed by atoms with Crippen LogP contribution in [0, 0.1) is 0 Å². The monoisotopic (exact) mass is 465 g/mol. The van der Waals surface area contributed by atoms with Crippen LogP contribution >= 0.6 is 0 Å². The lowest BCUT2D eigenvalue weighted by atomic mass is 10.0. The summed E-state index contributed by atoms with van der Waals surface area (Å²) in [4.78, 5) is 36.5. The summed E-state index contributed by atoms with van der Waals surface area (Å²) >= 11 is 0. The molecule has 0 spiro atoms. The van der Waals surface area contributed by atoms with Crippen molar-refractivity contribution in [1.82, 2.24) is 24.3 Å². The van der Waals surface area contributed by atoms with E-state index in [1.165, 1.54) is 11.1 Å². The Bertz CT molecular complexity index is 1240. The third kappa shape index (κ3) is 4.67. The highest BCUT2D eigenvalue weighted by atomic mass is 16.6. The number of piperidine rings is 1. The van der Waals surface area contributed by atoms with Gasteiger partial charge in [-0.15, -0.1) is 0 Å². The van der Waals surface area contributed by atoms with Gasteiger partial charge >= 0.3 is 6.09 Å². The van der Waals surface area contributed by atoms with E-state index in [2.05, 4.69) is 14.9 Å². The van der Waals surface area contributed by atoms with Crippen molar-refractivity contribution in [3.8, 4) is 11.5 Å². The quantitative estimate of drug-likeness (QED) is 0.590. The average molecular weight is 466 g/mol. The van der Waals surface area contributed by atoms with Crippen molar-refractivity contribution in [2.75, 3.05) is 32.8 Å². The molecule has 0 aliphatic carbocycles. The van der Waals surface area contributed by atoms with Crippen molar-refractivity contribution < 1.29 is 19.4 Å². The zero-order chi connectivity index (χ0) is 23.5. The van der Waals surface area contributed by atoms with E-state index in [0.717, 1.165) is 37.0 Å². The Balaban J connectivity index is 1.20. The molecule has 10 nitrogen and oxygen atoms in total. The normalized spacial score (nSPS) is 16.5. The number of hydrogen-bond acceptors (Lipinski definition) is 7. The van der Waals surface area contributed by atoms with Crippen LogP contribution in [-0.4, -0.2) is 74.4 Å². The smallest absolute Gasteiger partial charge is 0.407 e. The van der Waals surface area contributed by atoms with Crippen LogP contribution in [0.3, 0.4) is 0 Å². The Morgan fingerprint density at radius 1 is 1.09 bits per heavy atom. The molecule has 2 aliphatic rings. The van der Waals surface area contributed by atoms with E-state index in [4.69, 9.17) is 9.47 Å². The third-order valence-electron chi connectivity index (χ3n) is 6.46. The van der Waals surface area contributed by atoms with Crippen LogP contribution in [0.25, 0.3) is 11.2 Å². The number of carbonyl (C=O) groups is 1. The number of benzene rings is 1. The molecule has 178 valence electrons. The highest BCUT2D eigenvalue weighted by molar-refractivity contribution is 5.69. The summed E-state index contributed by atoms with van der Waals surface area (Å²) in [6.45, 7) is 4.10. The molecule has 1 amide bonds. The van der Waals surface area contributed by atoms with Gasteiger partial charge in [-0.3, -0.25) is 4.79 Å². The van der Waals surface area contributed by atoms with E-state index in [9.17, 15) is 14.7 Å². The van der Waals surface area contributed by atoms with Crippen molar-refractivity contribution in [3.05, 3.63) is 58.6 Å². The van der Waals surface area contributed by atoms with Crippen molar-refractivity contribution in [2.45, 2.75) is 32.0 Å². The summed E-state index contributed by atoms with van der Waals surface area (Å²) in [7, 11) is 0. The number of likely N-dealkylation sites (tertiary alicyclic amines) is 1. The van der Waals surface area contributed by atoms with E-state index in [1.807, 2.05) is 24.3 Å². The minimum atomic E-state index is -0.921. The molecule has 1 saturated heterocycles. The lowest BCUT2D eigenvalue weighted by Gasteiger charge is -2.37. The minimum Gasteiger partial charge on any atom is -0.486 e. The summed E-state index contributed by atoms with van der Waals surface area (Å²) in [5.41, 5.74) is 2.01. The van der Waals surface area contributed by atoms with E-state index in [0.29, 0.717) is 50.0 Å². The van der Waals surface area contributed by atoms with Crippen LogP contribution < -0.4 is 15.0 Å². The Kier molecular flexibility index (Phi) is 6.31. The fourth-order valence-electron chi connectivity index (χ4n) is 4.67. The maximum absolute atomic E-state index is 12.4. The number of carboxylic acid groups (broad SMARTS) is 1. The molecule has 34 heavy (non-hydrogen) atoms. The second-order valence-corrected chi connectivity index (χ2v) is 8.56. The Morgan fingerprint density at radius 3 is 2.68 bits per heavy atom. The molecule has 0 saturated carbocycles. The Hall–Kier alpha value is -3.66. The van der Waals surface area contributed by atoms with E-state index >= 15 is 0 Å². The van der Waals surface area contributed by atoms with Gasteiger partial charge in [-0.1, -0.05) is 6.07 Å². The number of ether oxygens (including phenoxy) is 2. The first-order chi connectivity index (χ1) is 16.6. The third-order valence-corrected chi connectivity index (χ3v) is 6.46. The predicted molar refractivity (Wildman–Crippen MR) is 124 cm³/mol. The molecular formula is C24H27N5O5. The van der Waals surface area contributed by atoms with Crippen molar-refractivity contribution in [3.63, 3.8) is 0 Å². The number of aromatic nitrogens is 3. The molecule has 2 aromatic heterocycles. The topological polar surface area (TPSA) is 110 Å². The second kappa shape index (κ2) is 9.68. The van der Waals surface area contributed by atoms with E-state index in [-0.39, 0.29) is 11.6 Å². The van der Waals surface area contributed by atoms with E-state index < -0.39 is 6.09 Å².